The van der Waals surface area contributed by atoms with E-state index in [-0.39, 0.29) is 36.6 Å². The molecule has 3 rings (SSSR count). The van der Waals surface area contributed by atoms with Crippen molar-refractivity contribution in [3.8, 4) is 0 Å². The second kappa shape index (κ2) is 7.58. The minimum atomic E-state index is -3.61. The van der Waals surface area contributed by atoms with Gasteiger partial charge in [-0.1, -0.05) is 12.1 Å². The molecule has 1 aromatic heterocycles. The Balaban J connectivity index is 1.78. The lowest BCUT2D eigenvalue weighted by atomic mass is 10.2. The highest BCUT2D eigenvalue weighted by Gasteiger charge is 2.33. The number of carbonyl (C=O) groups is 1. The molecule has 0 bridgehead atoms. The van der Waals surface area contributed by atoms with E-state index in [1.54, 1.807) is 25.1 Å². The van der Waals surface area contributed by atoms with Crippen LogP contribution in [0.1, 0.15) is 20.1 Å². The molecule has 0 unspecified atom stereocenters. The van der Waals surface area contributed by atoms with Crippen LogP contribution in [-0.4, -0.2) is 64.4 Å². The SMILES string of the molecule is Cc1cc(S(=O)(=O)N2CCN(C(=O)c3ccccc3S(C)(=O)=O)CC2)c(C)s1. The van der Waals surface area contributed by atoms with Gasteiger partial charge in [-0.25, -0.2) is 16.8 Å². The lowest BCUT2D eigenvalue weighted by Crippen LogP contribution is -2.50. The molecule has 1 aliphatic heterocycles. The molecule has 0 aliphatic carbocycles. The molecule has 7 nitrogen and oxygen atoms in total. The van der Waals surface area contributed by atoms with Gasteiger partial charge in [0.25, 0.3) is 5.91 Å². The van der Waals surface area contributed by atoms with Crippen molar-refractivity contribution < 1.29 is 21.6 Å². The number of sulfonamides is 1. The van der Waals surface area contributed by atoms with Gasteiger partial charge < -0.3 is 4.90 Å². The van der Waals surface area contributed by atoms with E-state index in [9.17, 15) is 21.6 Å². The van der Waals surface area contributed by atoms with Crippen LogP contribution >= 0.6 is 11.3 Å². The summed E-state index contributed by atoms with van der Waals surface area (Å²) in [5, 5.41) is 0. The van der Waals surface area contributed by atoms with E-state index in [1.165, 1.54) is 32.7 Å². The lowest BCUT2D eigenvalue weighted by molar-refractivity contribution is 0.0694. The van der Waals surface area contributed by atoms with Gasteiger partial charge in [0.1, 0.15) is 0 Å². The summed E-state index contributed by atoms with van der Waals surface area (Å²) >= 11 is 1.44. The molecule has 10 heteroatoms. The normalized spacial score (nSPS) is 16.3. The van der Waals surface area contributed by atoms with Crippen molar-refractivity contribution in [1.29, 1.82) is 0 Å². The monoisotopic (exact) mass is 442 g/mol. The Morgan fingerprint density at radius 2 is 1.57 bits per heavy atom. The van der Waals surface area contributed by atoms with Crippen LogP contribution in [0.3, 0.4) is 0 Å². The number of nitrogens with zero attached hydrogens (tertiary/aromatic N) is 2. The van der Waals surface area contributed by atoms with Crippen LogP contribution in [0.2, 0.25) is 0 Å². The molecule has 2 heterocycles. The number of hydrogen-bond acceptors (Lipinski definition) is 6. The van der Waals surface area contributed by atoms with Crippen LogP contribution in [-0.2, 0) is 19.9 Å². The van der Waals surface area contributed by atoms with Crippen molar-refractivity contribution in [2.24, 2.45) is 0 Å². The van der Waals surface area contributed by atoms with E-state index in [1.807, 2.05) is 6.92 Å². The van der Waals surface area contributed by atoms with Gasteiger partial charge in [0.05, 0.1) is 15.4 Å². The number of sulfone groups is 1. The summed E-state index contributed by atoms with van der Waals surface area (Å²) in [5.41, 5.74) is 0.116. The lowest BCUT2D eigenvalue weighted by Gasteiger charge is -2.34. The smallest absolute Gasteiger partial charge is 0.255 e. The summed E-state index contributed by atoms with van der Waals surface area (Å²) in [5.74, 6) is -0.402. The third-order valence-electron chi connectivity index (χ3n) is 4.66. The molecule has 1 aromatic carbocycles. The first-order chi connectivity index (χ1) is 13.0. The second-order valence-corrected chi connectivity index (χ2v) is 12.1. The Kier molecular flexibility index (Phi) is 5.68. The predicted molar refractivity (Wildman–Crippen MR) is 108 cm³/mol. The number of aryl methyl sites for hydroxylation is 2. The van der Waals surface area contributed by atoms with E-state index >= 15 is 0 Å². The van der Waals surface area contributed by atoms with E-state index in [0.29, 0.717) is 4.90 Å². The highest BCUT2D eigenvalue weighted by Crippen LogP contribution is 2.28. The molecular formula is C18H22N2O5S3. The Morgan fingerprint density at radius 1 is 0.964 bits per heavy atom. The molecular weight excluding hydrogens is 420 g/mol. The van der Waals surface area contributed by atoms with Crippen LogP contribution < -0.4 is 0 Å². The molecule has 0 spiro atoms. The van der Waals surface area contributed by atoms with Gasteiger partial charge in [0, 0.05) is 42.2 Å². The largest absolute Gasteiger partial charge is 0.336 e. The fraction of sp³-hybridized carbons (Fsp3) is 0.389. The molecule has 1 aliphatic rings. The Labute approximate surface area is 169 Å². The van der Waals surface area contributed by atoms with Crippen molar-refractivity contribution in [2.75, 3.05) is 32.4 Å². The van der Waals surface area contributed by atoms with E-state index < -0.39 is 25.8 Å². The molecule has 0 N–H and O–H groups in total. The molecule has 0 atom stereocenters. The second-order valence-electron chi connectivity index (χ2n) is 6.74. The zero-order valence-corrected chi connectivity index (χ0v) is 18.3. The standard InChI is InChI=1S/C18H22N2O5S3/c1-13-12-17(14(2)26-13)28(24,25)20-10-8-19(9-11-20)18(21)15-6-4-5-7-16(15)27(3,22)23/h4-7,12H,8-11H2,1-3H3. The zero-order valence-electron chi connectivity index (χ0n) is 15.9. The third-order valence-corrected chi connectivity index (χ3v) is 8.93. The van der Waals surface area contributed by atoms with Gasteiger partial charge in [0.15, 0.2) is 9.84 Å². The van der Waals surface area contributed by atoms with Crippen molar-refractivity contribution in [1.82, 2.24) is 9.21 Å². The van der Waals surface area contributed by atoms with Gasteiger partial charge >= 0.3 is 0 Å². The van der Waals surface area contributed by atoms with E-state index in [2.05, 4.69) is 0 Å². The number of rotatable bonds is 4. The maximum Gasteiger partial charge on any atom is 0.255 e. The minimum Gasteiger partial charge on any atom is -0.336 e. The third kappa shape index (κ3) is 4.00. The molecule has 1 amide bonds. The number of hydrogen-bond donors (Lipinski definition) is 0. The molecule has 0 saturated carbocycles. The van der Waals surface area contributed by atoms with Gasteiger partial charge in [-0.05, 0) is 32.0 Å². The fourth-order valence-corrected chi connectivity index (χ4v) is 7.10. The molecule has 152 valence electrons. The summed E-state index contributed by atoms with van der Waals surface area (Å²) in [4.78, 5) is 16.3. The van der Waals surface area contributed by atoms with E-state index in [0.717, 1.165) is 16.0 Å². The Hall–Kier alpha value is -1.75. The minimum absolute atomic E-state index is 0.0144. The zero-order chi connectivity index (χ0) is 20.7. The first kappa shape index (κ1) is 21.0. The number of carbonyl (C=O) groups excluding carboxylic acids is 1. The maximum absolute atomic E-state index is 12.9. The van der Waals surface area contributed by atoms with Gasteiger partial charge in [-0.2, -0.15) is 4.31 Å². The number of benzene rings is 1. The van der Waals surface area contributed by atoms with Crippen LogP contribution in [0.4, 0.5) is 0 Å². The van der Waals surface area contributed by atoms with Crippen molar-refractivity contribution >= 4 is 37.1 Å². The average molecular weight is 443 g/mol. The van der Waals surface area contributed by atoms with Crippen molar-refractivity contribution in [3.63, 3.8) is 0 Å². The number of thiophene rings is 1. The summed E-state index contributed by atoms with van der Waals surface area (Å²) in [6.07, 6.45) is 1.06. The summed E-state index contributed by atoms with van der Waals surface area (Å²) in [6.45, 7) is 4.41. The van der Waals surface area contributed by atoms with Crippen LogP contribution in [0.25, 0.3) is 0 Å². The summed E-state index contributed by atoms with van der Waals surface area (Å²) < 4.78 is 51.1. The average Bonchev–Trinajstić information content (AvgIpc) is 2.99. The van der Waals surface area contributed by atoms with Crippen LogP contribution in [0.15, 0.2) is 40.1 Å². The number of piperazine rings is 1. The molecule has 1 fully saturated rings. The van der Waals surface area contributed by atoms with Crippen LogP contribution in [0, 0.1) is 13.8 Å². The van der Waals surface area contributed by atoms with Crippen molar-refractivity contribution in [3.05, 3.63) is 45.6 Å². The topological polar surface area (TPSA) is 91.8 Å². The quantitative estimate of drug-likeness (QED) is 0.721. The molecule has 1 saturated heterocycles. The fourth-order valence-electron chi connectivity index (χ4n) is 3.27. The highest BCUT2D eigenvalue weighted by molar-refractivity contribution is 7.90. The highest BCUT2D eigenvalue weighted by atomic mass is 32.2. The van der Waals surface area contributed by atoms with Crippen LogP contribution in [0.5, 0.6) is 0 Å². The summed E-state index contributed by atoms with van der Waals surface area (Å²) in [7, 11) is -7.15. The molecule has 2 aromatic rings. The molecule has 0 radical (unpaired) electrons. The van der Waals surface area contributed by atoms with E-state index in [4.69, 9.17) is 0 Å². The maximum atomic E-state index is 12.9. The number of amides is 1. The predicted octanol–water partition coefficient (Wildman–Crippen LogP) is 1.92. The first-order valence-electron chi connectivity index (χ1n) is 8.67. The van der Waals surface area contributed by atoms with Gasteiger partial charge in [0.2, 0.25) is 10.0 Å². The molecule has 28 heavy (non-hydrogen) atoms. The first-order valence-corrected chi connectivity index (χ1v) is 12.8. The summed E-state index contributed by atoms with van der Waals surface area (Å²) in [6, 6.07) is 7.76. The van der Waals surface area contributed by atoms with Crippen molar-refractivity contribution in [2.45, 2.75) is 23.6 Å². The van der Waals surface area contributed by atoms with Gasteiger partial charge in [-0.15, -0.1) is 11.3 Å². The Morgan fingerprint density at radius 3 is 2.11 bits per heavy atom. The van der Waals surface area contributed by atoms with Gasteiger partial charge in [-0.3, -0.25) is 4.79 Å². The Bertz CT molecular complexity index is 1110.